The molecule has 0 unspecified atom stereocenters. The molecule has 2 heterocycles. The quantitative estimate of drug-likeness (QED) is 0.416. The average Bonchev–Trinajstić information content (AvgIpc) is 3.46. The Morgan fingerprint density at radius 3 is 2.66 bits per heavy atom. The number of amides is 2. The zero-order valence-electron chi connectivity index (χ0n) is 17.1. The minimum atomic E-state index is -0.735. The molecular formula is C23H19N3O5S. The van der Waals surface area contributed by atoms with Gasteiger partial charge in [0.1, 0.15) is 11.6 Å². The largest absolute Gasteiger partial charge is 0.459 e. The van der Waals surface area contributed by atoms with Crippen molar-refractivity contribution in [1.82, 2.24) is 10.3 Å². The lowest BCUT2D eigenvalue weighted by atomic mass is 10.2. The standard InChI is InChI=1S/C23H19N3O5S/c1-14-4-9-17-19(11-14)32-23(26-17)15-5-7-16(8-6-15)25-20(27)13-31-21(28)12-24-22(29)18-3-2-10-30-18/h2-11H,12-13H2,1H3,(H,24,29)(H,25,27). The van der Waals surface area contributed by atoms with Crippen LogP contribution in [-0.4, -0.2) is 35.9 Å². The molecule has 2 amide bonds. The molecule has 32 heavy (non-hydrogen) atoms. The first-order chi connectivity index (χ1) is 15.5. The number of benzene rings is 2. The third-order valence-electron chi connectivity index (χ3n) is 4.46. The molecule has 0 saturated heterocycles. The number of nitrogens with zero attached hydrogens (tertiary/aromatic N) is 1. The van der Waals surface area contributed by atoms with Gasteiger partial charge in [0.15, 0.2) is 12.4 Å². The molecule has 0 aliphatic carbocycles. The van der Waals surface area contributed by atoms with Crippen molar-refractivity contribution in [3.05, 3.63) is 72.2 Å². The molecule has 0 aliphatic rings. The number of esters is 1. The van der Waals surface area contributed by atoms with Crippen LogP contribution >= 0.6 is 11.3 Å². The number of ether oxygens (including phenoxy) is 1. The van der Waals surface area contributed by atoms with Gasteiger partial charge in [0, 0.05) is 11.3 Å². The topological polar surface area (TPSA) is 111 Å². The fourth-order valence-corrected chi connectivity index (χ4v) is 3.96. The Labute approximate surface area is 187 Å². The number of nitrogens with one attached hydrogen (secondary N) is 2. The summed E-state index contributed by atoms with van der Waals surface area (Å²) in [6, 6.07) is 16.4. The van der Waals surface area contributed by atoms with Crippen molar-refractivity contribution in [2.75, 3.05) is 18.5 Å². The predicted molar refractivity (Wildman–Crippen MR) is 120 cm³/mol. The molecule has 162 valence electrons. The second-order valence-corrected chi connectivity index (χ2v) is 7.97. The van der Waals surface area contributed by atoms with Crippen molar-refractivity contribution in [3.63, 3.8) is 0 Å². The number of hydrogen-bond acceptors (Lipinski definition) is 7. The van der Waals surface area contributed by atoms with E-state index in [-0.39, 0.29) is 12.3 Å². The summed E-state index contributed by atoms with van der Waals surface area (Å²) in [4.78, 5) is 40.1. The Hall–Kier alpha value is -3.98. The van der Waals surface area contributed by atoms with E-state index in [1.807, 2.05) is 31.2 Å². The van der Waals surface area contributed by atoms with E-state index < -0.39 is 24.4 Å². The molecule has 8 nitrogen and oxygen atoms in total. The Morgan fingerprint density at radius 2 is 1.91 bits per heavy atom. The van der Waals surface area contributed by atoms with Gasteiger partial charge in [0.25, 0.3) is 11.8 Å². The molecular weight excluding hydrogens is 430 g/mol. The van der Waals surface area contributed by atoms with Crippen LogP contribution in [-0.2, 0) is 14.3 Å². The normalized spacial score (nSPS) is 10.7. The molecule has 9 heteroatoms. The highest BCUT2D eigenvalue weighted by molar-refractivity contribution is 7.21. The number of rotatable bonds is 7. The van der Waals surface area contributed by atoms with Gasteiger partial charge in [-0.05, 0) is 61.0 Å². The fraction of sp³-hybridized carbons (Fsp3) is 0.130. The van der Waals surface area contributed by atoms with Crippen molar-refractivity contribution in [3.8, 4) is 10.6 Å². The number of anilines is 1. The first kappa shape index (κ1) is 21.3. The Balaban J connectivity index is 1.26. The summed E-state index contributed by atoms with van der Waals surface area (Å²) in [5.41, 5.74) is 3.65. The number of aromatic nitrogens is 1. The number of aryl methyl sites for hydroxylation is 1. The van der Waals surface area contributed by atoms with E-state index in [1.165, 1.54) is 17.9 Å². The summed E-state index contributed by atoms with van der Waals surface area (Å²) in [7, 11) is 0. The highest BCUT2D eigenvalue weighted by Crippen LogP contribution is 2.31. The minimum absolute atomic E-state index is 0.0833. The lowest BCUT2D eigenvalue weighted by molar-refractivity contribution is -0.146. The number of furan rings is 1. The summed E-state index contributed by atoms with van der Waals surface area (Å²) in [6.07, 6.45) is 1.35. The molecule has 0 radical (unpaired) electrons. The highest BCUT2D eigenvalue weighted by atomic mass is 32.1. The van der Waals surface area contributed by atoms with Crippen LogP contribution in [0.3, 0.4) is 0 Å². The monoisotopic (exact) mass is 449 g/mol. The van der Waals surface area contributed by atoms with E-state index in [2.05, 4.69) is 21.7 Å². The van der Waals surface area contributed by atoms with Gasteiger partial charge in [0.05, 0.1) is 16.5 Å². The van der Waals surface area contributed by atoms with Crippen LogP contribution in [0.15, 0.2) is 65.3 Å². The molecule has 4 aromatic rings. The molecule has 0 fully saturated rings. The second-order valence-electron chi connectivity index (χ2n) is 6.94. The molecule has 0 saturated carbocycles. The number of hydrogen-bond donors (Lipinski definition) is 2. The molecule has 0 aliphatic heterocycles. The predicted octanol–water partition coefficient (Wildman–Crippen LogP) is 3.78. The number of fused-ring (bicyclic) bond motifs is 1. The Bertz CT molecular complexity index is 1260. The smallest absolute Gasteiger partial charge is 0.325 e. The van der Waals surface area contributed by atoms with Crippen LogP contribution in [0.5, 0.6) is 0 Å². The van der Waals surface area contributed by atoms with Gasteiger partial charge in [0.2, 0.25) is 0 Å². The van der Waals surface area contributed by atoms with Gasteiger partial charge in [-0.15, -0.1) is 11.3 Å². The van der Waals surface area contributed by atoms with Crippen molar-refractivity contribution >= 4 is 45.0 Å². The molecule has 2 N–H and O–H groups in total. The first-order valence-corrected chi connectivity index (χ1v) is 10.5. The van der Waals surface area contributed by atoms with Gasteiger partial charge >= 0.3 is 5.97 Å². The highest BCUT2D eigenvalue weighted by Gasteiger charge is 2.13. The number of carbonyl (C=O) groups is 3. The van der Waals surface area contributed by atoms with E-state index >= 15 is 0 Å². The van der Waals surface area contributed by atoms with Crippen LogP contribution in [0.4, 0.5) is 5.69 Å². The van der Waals surface area contributed by atoms with Gasteiger partial charge < -0.3 is 19.8 Å². The second kappa shape index (κ2) is 9.44. The Morgan fingerprint density at radius 1 is 1.09 bits per heavy atom. The van der Waals surface area contributed by atoms with Gasteiger partial charge in [-0.25, -0.2) is 4.98 Å². The van der Waals surface area contributed by atoms with Crippen LogP contribution < -0.4 is 10.6 Å². The molecule has 0 atom stereocenters. The van der Waals surface area contributed by atoms with Crippen LogP contribution in [0, 0.1) is 6.92 Å². The number of carbonyl (C=O) groups excluding carboxylic acids is 3. The summed E-state index contributed by atoms with van der Waals surface area (Å²) in [6.45, 7) is 1.21. The summed E-state index contributed by atoms with van der Waals surface area (Å²) >= 11 is 1.61. The van der Waals surface area contributed by atoms with Crippen LogP contribution in [0.1, 0.15) is 16.1 Å². The third-order valence-corrected chi connectivity index (χ3v) is 5.53. The molecule has 2 aromatic heterocycles. The van der Waals surface area contributed by atoms with Crippen LogP contribution in [0.25, 0.3) is 20.8 Å². The third kappa shape index (κ3) is 5.19. The molecule has 0 bridgehead atoms. The molecule has 4 rings (SSSR count). The maximum absolute atomic E-state index is 12.0. The van der Waals surface area contributed by atoms with Crippen molar-refractivity contribution in [1.29, 1.82) is 0 Å². The van der Waals surface area contributed by atoms with Gasteiger partial charge in [-0.2, -0.15) is 0 Å². The van der Waals surface area contributed by atoms with E-state index in [4.69, 9.17) is 9.15 Å². The van der Waals surface area contributed by atoms with E-state index in [0.717, 1.165) is 20.8 Å². The molecule has 0 spiro atoms. The summed E-state index contributed by atoms with van der Waals surface area (Å²) < 4.78 is 10.9. The number of thiazole rings is 1. The van der Waals surface area contributed by atoms with Crippen LogP contribution in [0.2, 0.25) is 0 Å². The summed E-state index contributed by atoms with van der Waals surface area (Å²) in [5, 5.41) is 5.91. The van der Waals surface area contributed by atoms with E-state index in [0.29, 0.717) is 5.69 Å². The van der Waals surface area contributed by atoms with Gasteiger partial charge in [-0.3, -0.25) is 14.4 Å². The van der Waals surface area contributed by atoms with E-state index in [1.54, 1.807) is 29.5 Å². The maximum atomic E-state index is 12.0. The Kier molecular flexibility index (Phi) is 6.27. The first-order valence-electron chi connectivity index (χ1n) is 9.73. The SMILES string of the molecule is Cc1ccc2nc(-c3ccc(NC(=O)COC(=O)CNC(=O)c4ccco4)cc3)sc2c1. The summed E-state index contributed by atoms with van der Waals surface area (Å²) in [5.74, 6) is -1.68. The van der Waals surface area contributed by atoms with Crippen molar-refractivity contribution in [2.24, 2.45) is 0 Å². The lowest BCUT2D eigenvalue weighted by Gasteiger charge is -2.07. The van der Waals surface area contributed by atoms with Crippen molar-refractivity contribution in [2.45, 2.75) is 6.92 Å². The zero-order chi connectivity index (χ0) is 22.5. The van der Waals surface area contributed by atoms with Gasteiger partial charge in [-0.1, -0.05) is 6.07 Å². The fourth-order valence-electron chi connectivity index (χ4n) is 2.89. The van der Waals surface area contributed by atoms with Crippen molar-refractivity contribution < 1.29 is 23.5 Å². The average molecular weight is 449 g/mol. The minimum Gasteiger partial charge on any atom is -0.459 e. The zero-order valence-corrected chi connectivity index (χ0v) is 17.9. The lowest BCUT2D eigenvalue weighted by Crippen LogP contribution is -2.32. The molecule has 2 aromatic carbocycles. The van der Waals surface area contributed by atoms with E-state index in [9.17, 15) is 14.4 Å². The maximum Gasteiger partial charge on any atom is 0.325 e.